The molecule has 2 N–H and O–H groups in total. The minimum atomic E-state index is -0.370. The van der Waals surface area contributed by atoms with E-state index in [1.165, 1.54) is 0 Å². The SMILES string of the molecule is N[C@@H](CCCCN1CCN(c2ccc([N+](=O)[O-])cc2)CC1)C(=O)N1CCSC1. The Kier molecular flexibility index (Phi) is 7.52. The van der Waals surface area contributed by atoms with Gasteiger partial charge in [0, 0.05) is 56.3 Å². The number of carbonyl (C=O) groups excluding carboxylic acids is 1. The molecule has 8 nitrogen and oxygen atoms in total. The molecule has 1 aromatic carbocycles. The summed E-state index contributed by atoms with van der Waals surface area (Å²) in [6.07, 6.45) is 2.77. The normalized spacial score (nSPS) is 19.0. The van der Waals surface area contributed by atoms with Gasteiger partial charge in [0.25, 0.3) is 5.69 Å². The van der Waals surface area contributed by atoms with E-state index in [9.17, 15) is 14.9 Å². The molecule has 9 heteroatoms. The van der Waals surface area contributed by atoms with E-state index in [-0.39, 0.29) is 22.6 Å². The van der Waals surface area contributed by atoms with E-state index in [0.29, 0.717) is 0 Å². The van der Waals surface area contributed by atoms with Crippen molar-refractivity contribution >= 4 is 29.0 Å². The van der Waals surface area contributed by atoms with E-state index in [1.807, 2.05) is 17.0 Å². The van der Waals surface area contributed by atoms with Crippen molar-refractivity contribution in [1.82, 2.24) is 9.80 Å². The first-order valence-corrected chi connectivity index (χ1v) is 11.0. The van der Waals surface area contributed by atoms with Crippen molar-refractivity contribution < 1.29 is 9.72 Å². The number of carbonyl (C=O) groups is 1. The van der Waals surface area contributed by atoms with Crippen LogP contribution in [0.3, 0.4) is 0 Å². The third kappa shape index (κ3) is 5.59. The number of thioether (sulfide) groups is 1. The van der Waals surface area contributed by atoms with Crippen LogP contribution in [0.4, 0.5) is 11.4 Å². The molecule has 0 radical (unpaired) electrons. The van der Waals surface area contributed by atoms with Gasteiger partial charge in [-0.25, -0.2) is 0 Å². The molecule has 28 heavy (non-hydrogen) atoms. The number of unbranched alkanes of at least 4 members (excludes halogenated alkanes) is 1. The number of nitrogens with zero attached hydrogens (tertiary/aromatic N) is 4. The first-order chi connectivity index (χ1) is 13.5. The predicted octanol–water partition coefficient (Wildman–Crippen LogP) is 1.75. The van der Waals surface area contributed by atoms with Crippen molar-refractivity contribution in [3.63, 3.8) is 0 Å². The van der Waals surface area contributed by atoms with Crippen molar-refractivity contribution in [2.75, 3.05) is 55.8 Å². The maximum atomic E-state index is 12.2. The van der Waals surface area contributed by atoms with Crippen LogP contribution in [0, 0.1) is 10.1 Å². The minimum absolute atomic E-state index is 0.0988. The molecule has 0 spiro atoms. The number of nitrogens with two attached hydrogens (primary N) is 1. The Bertz CT molecular complexity index is 658. The van der Waals surface area contributed by atoms with Crippen molar-refractivity contribution in [3.8, 4) is 0 Å². The van der Waals surface area contributed by atoms with Crippen molar-refractivity contribution in [1.29, 1.82) is 0 Å². The fourth-order valence-corrected chi connectivity index (χ4v) is 4.62. The molecule has 1 aromatic rings. The van der Waals surface area contributed by atoms with E-state index in [0.717, 1.165) is 75.8 Å². The second-order valence-electron chi connectivity index (χ2n) is 7.34. The standard InChI is InChI=1S/C19H29N5O3S/c20-18(19(25)23-13-14-28-15-23)3-1-2-8-21-9-11-22(12-10-21)16-4-6-17(7-5-16)24(26)27/h4-7,18H,1-3,8-15,20H2/t18-/m0/s1. The van der Waals surface area contributed by atoms with E-state index >= 15 is 0 Å². The minimum Gasteiger partial charge on any atom is -0.369 e. The van der Waals surface area contributed by atoms with Gasteiger partial charge in [0.15, 0.2) is 0 Å². The Morgan fingerprint density at radius 2 is 1.86 bits per heavy atom. The summed E-state index contributed by atoms with van der Waals surface area (Å²) in [5.41, 5.74) is 7.23. The van der Waals surface area contributed by atoms with Gasteiger partial charge in [-0.15, -0.1) is 11.8 Å². The van der Waals surface area contributed by atoms with Gasteiger partial charge in [0.05, 0.1) is 16.8 Å². The molecule has 0 aromatic heterocycles. The zero-order valence-electron chi connectivity index (χ0n) is 16.2. The lowest BCUT2D eigenvalue weighted by Gasteiger charge is -2.36. The summed E-state index contributed by atoms with van der Waals surface area (Å²) in [6, 6.07) is 6.41. The third-order valence-electron chi connectivity index (χ3n) is 5.42. The molecule has 1 amide bonds. The first-order valence-electron chi connectivity index (χ1n) is 9.88. The van der Waals surface area contributed by atoms with Crippen molar-refractivity contribution in [2.45, 2.75) is 25.3 Å². The van der Waals surface area contributed by atoms with Gasteiger partial charge in [-0.1, -0.05) is 6.42 Å². The lowest BCUT2D eigenvalue weighted by molar-refractivity contribution is -0.384. The van der Waals surface area contributed by atoms with Crippen LogP contribution in [0.1, 0.15) is 19.3 Å². The molecule has 0 bridgehead atoms. The average molecular weight is 408 g/mol. The largest absolute Gasteiger partial charge is 0.369 e. The van der Waals surface area contributed by atoms with E-state index in [4.69, 9.17) is 5.73 Å². The maximum absolute atomic E-state index is 12.2. The zero-order chi connectivity index (χ0) is 19.9. The molecule has 3 rings (SSSR count). The highest BCUT2D eigenvalue weighted by Gasteiger charge is 2.23. The summed E-state index contributed by atoms with van der Waals surface area (Å²) in [6.45, 7) is 5.65. The van der Waals surface area contributed by atoms with E-state index in [2.05, 4.69) is 9.80 Å². The number of nitro benzene ring substituents is 1. The average Bonchev–Trinajstić information content (AvgIpc) is 3.26. The maximum Gasteiger partial charge on any atom is 0.269 e. The van der Waals surface area contributed by atoms with E-state index in [1.54, 1.807) is 23.9 Å². The Morgan fingerprint density at radius 3 is 2.46 bits per heavy atom. The number of piperazine rings is 1. The van der Waals surface area contributed by atoms with Crippen LogP contribution in [0.25, 0.3) is 0 Å². The zero-order valence-corrected chi connectivity index (χ0v) is 17.0. The highest BCUT2D eigenvalue weighted by atomic mass is 32.2. The second kappa shape index (κ2) is 10.1. The van der Waals surface area contributed by atoms with Gasteiger partial charge in [-0.3, -0.25) is 19.8 Å². The Hall–Kier alpha value is -1.84. The Morgan fingerprint density at radius 1 is 1.14 bits per heavy atom. The number of hydrogen-bond acceptors (Lipinski definition) is 7. The summed E-state index contributed by atoms with van der Waals surface area (Å²) in [7, 11) is 0. The predicted molar refractivity (Wildman–Crippen MR) is 113 cm³/mol. The monoisotopic (exact) mass is 407 g/mol. The summed E-state index contributed by atoms with van der Waals surface area (Å²) in [4.78, 5) is 29.2. The fraction of sp³-hybridized carbons (Fsp3) is 0.632. The number of hydrogen-bond donors (Lipinski definition) is 1. The molecule has 154 valence electrons. The summed E-state index contributed by atoms with van der Waals surface area (Å²) in [5, 5.41) is 10.8. The molecule has 2 aliphatic rings. The van der Waals surface area contributed by atoms with Crippen LogP contribution in [0.5, 0.6) is 0 Å². The van der Waals surface area contributed by atoms with Gasteiger partial charge < -0.3 is 15.5 Å². The smallest absolute Gasteiger partial charge is 0.269 e. The van der Waals surface area contributed by atoms with Gasteiger partial charge in [0.1, 0.15) is 0 Å². The Balaban J connectivity index is 1.32. The van der Waals surface area contributed by atoms with Gasteiger partial charge in [-0.2, -0.15) is 0 Å². The molecule has 2 fully saturated rings. The van der Waals surface area contributed by atoms with Crippen LogP contribution >= 0.6 is 11.8 Å². The molecular formula is C19H29N5O3S. The molecule has 1 atom stereocenters. The van der Waals surface area contributed by atoms with Crippen molar-refractivity contribution in [2.24, 2.45) is 5.73 Å². The van der Waals surface area contributed by atoms with Crippen LogP contribution < -0.4 is 10.6 Å². The van der Waals surface area contributed by atoms with Gasteiger partial charge >= 0.3 is 0 Å². The summed E-state index contributed by atoms with van der Waals surface area (Å²) in [5.74, 6) is 1.90. The number of benzene rings is 1. The van der Waals surface area contributed by atoms with Crippen LogP contribution in [-0.2, 0) is 4.79 Å². The summed E-state index contributed by atoms with van der Waals surface area (Å²) >= 11 is 1.78. The van der Waals surface area contributed by atoms with Crippen LogP contribution in [0.2, 0.25) is 0 Å². The number of nitro groups is 1. The van der Waals surface area contributed by atoms with Crippen molar-refractivity contribution in [3.05, 3.63) is 34.4 Å². The quantitative estimate of drug-likeness (QED) is 0.398. The molecule has 2 saturated heterocycles. The van der Waals surface area contributed by atoms with Gasteiger partial charge in [-0.05, 0) is 31.5 Å². The molecule has 0 unspecified atom stereocenters. The number of anilines is 1. The number of non-ortho nitro benzene ring substituents is 1. The molecule has 0 saturated carbocycles. The molecular weight excluding hydrogens is 378 g/mol. The van der Waals surface area contributed by atoms with Crippen LogP contribution in [-0.4, -0.2) is 77.6 Å². The Labute approximate surface area is 170 Å². The molecule has 2 aliphatic heterocycles. The fourth-order valence-electron chi connectivity index (χ4n) is 3.66. The van der Waals surface area contributed by atoms with E-state index < -0.39 is 0 Å². The third-order valence-corrected chi connectivity index (χ3v) is 6.38. The molecule has 0 aliphatic carbocycles. The molecule has 2 heterocycles. The van der Waals surface area contributed by atoms with Gasteiger partial charge in [0.2, 0.25) is 5.91 Å². The lowest BCUT2D eigenvalue weighted by atomic mass is 10.1. The number of rotatable bonds is 8. The first kappa shape index (κ1) is 20.9. The van der Waals surface area contributed by atoms with Crippen LogP contribution in [0.15, 0.2) is 24.3 Å². The highest BCUT2D eigenvalue weighted by Crippen LogP contribution is 2.21. The highest BCUT2D eigenvalue weighted by molar-refractivity contribution is 7.99. The lowest BCUT2D eigenvalue weighted by Crippen LogP contribution is -2.46. The summed E-state index contributed by atoms with van der Waals surface area (Å²) < 4.78 is 0. The topological polar surface area (TPSA) is 96.0 Å². The second-order valence-corrected chi connectivity index (χ2v) is 8.42. The number of amides is 1.